The molecular weight excluding hydrogens is 358 g/mol. The summed E-state index contributed by atoms with van der Waals surface area (Å²) in [6.07, 6.45) is 1.32. The Kier molecular flexibility index (Phi) is 5.84. The number of para-hydroxylation sites is 2. The second kappa shape index (κ2) is 8.47. The van der Waals surface area contributed by atoms with Crippen LogP contribution in [0.3, 0.4) is 0 Å². The van der Waals surface area contributed by atoms with E-state index in [1.807, 2.05) is 50.2 Å². The number of rotatable bonds is 6. The standard InChI is InChI=1S/C21H21N3O4/c1-3-24(16-9-5-4-6-10-16)18(25)13-28-19(26)12-23-14-22-20-15(2)8-7-11-17(20)21(23)27/h4-11,14H,3,12-13H2,1-2H3. The SMILES string of the molecule is CCN(C(=O)COC(=O)Cn1cnc2c(C)cccc2c1=O)c1ccccc1. The van der Waals surface area contributed by atoms with E-state index in [-0.39, 0.29) is 18.0 Å². The van der Waals surface area contributed by atoms with Crippen molar-refractivity contribution < 1.29 is 14.3 Å². The molecule has 28 heavy (non-hydrogen) atoms. The van der Waals surface area contributed by atoms with Gasteiger partial charge in [0.15, 0.2) is 6.61 Å². The largest absolute Gasteiger partial charge is 0.454 e. The lowest BCUT2D eigenvalue weighted by molar-refractivity contribution is -0.148. The van der Waals surface area contributed by atoms with Gasteiger partial charge in [-0.2, -0.15) is 0 Å². The number of benzene rings is 2. The van der Waals surface area contributed by atoms with Gasteiger partial charge in [-0.1, -0.05) is 30.3 Å². The van der Waals surface area contributed by atoms with Crippen LogP contribution in [0.4, 0.5) is 5.69 Å². The van der Waals surface area contributed by atoms with E-state index >= 15 is 0 Å². The zero-order chi connectivity index (χ0) is 20.1. The molecule has 3 rings (SSSR count). The molecule has 0 radical (unpaired) electrons. The number of carbonyl (C=O) groups excluding carboxylic acids is 2. The molecule has 0 spiro atoms. The Labute approximate surface area is 162 Å². The van der Waals surface area contributed by atoms with Gasteiger partial charge in [0, 0.05) is 12.2 Å². The molecule has 0 N–H and O–H groups in total. The molecule has 0 saturated carbocycles. The Morgan fingerprint density at radius 3 is 2.57 bits per heavy atom. The van der Waals surface area contributed by atoms with Gasteiger partial charge in [0.05, 0.1) is 17.2 Å². The van der Waals surface area contributed by atoms with Crippen LogP contribution in [0.15, 0.2) is 59.7 Å². The first kappa shape index (κ1) is 19.3. The third-order valence-corrected chi connectivity index (χ3v) is 4.40. The van der Waals surface area contributed by atoms with Crippen molar-refractivity contribution in [1.82, 2.24) is 9.55 Å². The number of fused-ring (bicyclic) bond motifs is 1. The van der Waals surface area contributed by atoms with Crippen LogP contribution in [0.2, 0.25) is 0 Å². The summed E-state index contributed by atoms with van der Waals surface area (Å²) >= 11 is 0. The summed E-state index contributed by atoms with van der Waals surface area (Å²) in [6, 6.07) is 14.4. The number of ether oxygens (including phenoxy) is 1. The Bertz CT molecular complexity index is 1060. The maximum atomic E-state index is 12.5. The first-order valence-electron chi connectivity index (χ1n) is 8.97. The van der Waals surface area contributed by atoms with Crippen LogP contribution in [0.5, 0.6) is 0 Å². The van der Waals surface area contributed by atoms with E-state index in [2.05, 4.69) is 4.98 Å². The summed E-state index contributed by atoms with van der Waals surface area (Å²) in [5.41, 5.74) is 1.90. The lowest BCUT2D eigenvalue weighted by Gasteiger charge is -2.20. The predicted molar refractivity (Wildman–Crippen MR) is 106 cm³/mol. The molecule has 3 aromatic rings. The summed E-state index contributed by atoms with van der Waals surface area (Å²) in [5, 5.41) is 0.438. The minimum Gasteiger partial charge on any atom is -0.454 e. The maximum absolute atomic E-state index is 12.5. The lowest BCUT2D eigenvalue weighted by atomic mass is 10.1. The van der Waals surface area contributed by atoms with Crippen molar-refractivity contribution in [3.8, 4) is 0 Å². The van der Waals surface area contributed by atoms with E-state index in [0.29, 0.717) is 17.4 Å². The molecule has 0 bridgehead atoms. The Balaban J connectivity index is 1.66. The highest BCUT2D eigenvalue weighted by atomic mass is 16.5. The number of hydrogen-bond acceptors (Lipinski definition) is 5. The number of aromatic nitrogens is 2. The number of carbonyl (C=O) groups is 2. The molecule has 1 heterocycles. The molecule has 1 amide bonds. The molecule has 7 nitrogen and oxygen atoms in total. The van der Waals surface area contributed by atoms with Gasteiger partial charge < -0.3 is 9.64 Å². The summed E-state index contributed by atoms with van der Waals surface area (Å²) < 4.78 is 6.27. The van der Waals surface area contributed by atoms with E-state index in [1.54, 1.807) is 12.1 Å². The Morgan fingerprint density at radius 2 is 1.86 bits per heavy atom. The molecule has 0 aliphatic carbocycles. The number of hydrogen-bond donors (Lipinski definition) is 0. The van der Waals surface area contributed by atoms with Gasteiger partial charge in [-0.3, -0.25) is 19.0 Å². The third kappa shape index (κ3) is 4.09. The van der Waals surface area contributed by atoms with Gasteiger partial charge in [-0.25, -0.2) is 4.98 Å². The average molecular weight is 379 g/mol. The second-order valence-electron chi connectivity index (χ2n) is 6.28. The quantitative estimate of drug-likeness (QED) is 0.614. The molecule has 0 unspecified atom stereocenters. The van der Waals surface area contributed by atoms with Crippen LogP contribution in [-0.2, 0) is 20.9 Å². The highest BCUT2D eigenvalue weighted by Gasteiger charge is 2.17. The van der Waals surface area contributed by atoms with E-state index < -0.39 is 12.6 Å². The van der Waals surface area contributed by atoms with Gasteiger partial charge in [0.2, 0.25) is 0 Å². The number of anilines is 1. The fraction of sp³-hybridized carbons (Fsp3) is 0.238. The van der Waals surface area contributed by atoms with Gasteiger partial charge in [-0.15, -0.1) is 0 Å². The lowest BCUT2D eigenvalue weighted by Crippen LogP contribution is -2.35. The number of esters is 1. The smallest absolute Gasteiger partial charge is 0.326 e. The predicted octanol–water partition coefficient (Wildman–Crippen LogP) is 2.30. The average Bonchev–Trinajstić information content (AvgIpc) is 2.70. The second-order valence-corrected chi connectivity index (χ2v) is 6.28. The van der Waals surface area contributed by atoms with Crippen LogP contribution >= 0.6 is 0 Å². The van der Waals surface area contributed by atoms with Crippen molar-refractivity contribution in [2.45, 2.75) is 20.4 Å². The Morgan fingerprint density at radius 1 is 1.11 bits per heavy atom. The summed E-state index contributed by atoms with van der Waals surface area (Å²) in [6.45, 7) is 3.46. The topological polar surface area (TPSA) is 81.5 Å². The van der Waals surface area contributed by atoms with E-state index in [9.17, 15) is 14.4 Å². The molecule has 0 saturated heterocycles. The fourth-order valence-electron chi connectivity index (χ4n) is 2.97. The van der Waals surface area contributed by atoms with Gasteiger partial charge in [-0.05, 0) is 37.6 Å². The van der Waals surface area contributed by atoms with E-state index in [1.165, 1.54) is 15.8 Å². The minimum absolute atomic E-state index is 0.305. The first-order valence-corrected chi connectivity index (χ1v) is 8.97. The summed E-state index contributed by atoms with van der Waals surface area (Å²) in [4.78, 5) is 42.8. The highest BCUT2D eigenvalue weighted by Crippen LogP contribution is 2.13. The first-order chi connectivity index (χ1) is 13.5. The number of nitrogens with zero attached hydrogens (tertiary/aromatic N) is 3. The summed E-state index contributed by atoms with van der Waals surface area (Å²) in [5.74, 6) is -1.00. The van der Waals surface area contributed by atoms with Crippen LogP contribution in [0.25, 0.3) is 10.9 Å². The van der Waals surface area contributed by atoms with Crippen molar-refractivity contribution in [2.75, 3.05) is 18.1 Å². The van der Waals surface area contributed by atoms with Crippen LogP contribution in [-0.4, -0.2) is 34.6 Å². The monoisotopic (exact) mass is 379 g/mol. The van der Waals surface area contributed by atoms with Crippen molar-refractivity contribution in [3.63, 3.8) is 0 Å². The van der Waals surface area contributed by atoms with E-state index in [0.717, 1.165) is 11.3 Å². The van der Waals surface area contributed by atoms with Gasteiger partial charge in [0.25, 0.3) is 11.5 Å². The van der Waals surface area contributed by atoms with Crippen molar-refractivity contribution >= 4 is 28.5 Å². The fourth-order valence-corrected chi connectivity index (χ4v) is 2.97. The number of likely N-dealkylation sites (N-methyl/N-ethyl adjacent to an activating group) is 1. The Hall–Kier alpha value is -3.48. The molecule has 144 valence electrons. The van der Waals surface area contributed by atoms with Crippen LogP contribution in [0.1, 0.15) is 12.5 Å². The highest BCUT2D eigenvalue weighted by molar-refractivity contribution is 5.95. The zero-order valence-electron chi connectivity index (χ0n) is 15.8. The molecule has 2 aromatic carbocycles. The van der Waals surface area contributed by atoms with Crippen LogP contribution in [0, 0.1) is 6.92 Å². The number of amides is 1. The van der Waals surface area contributed by atoms with Gasteiger partial charge >= 0.3 is 5.97 Å². The maximum Gasteiger partial charge on any atom is 0.326 e. The normalized spacial score (nSPS) is 10.6. The van der Waals surface area contributed by atoms with Gasteiger partial charge in [0.1, 0.15) is 6.54 Å². The molecule has 7 heteroatoms. The molecule has 0 atom stereocenters. The third-order valence-electron chi connectivity index (χ3n) is 4.40. The van der Waals surface area contributed by atoms with Crippen LogP contribution < -0.4 is 10.5 Å². The minimum atomic E-state index is -0.673. The molecule has 1 aromatic heterocycles. The van der Waals surface area contributed by atoms with E-state index in [4.69, 9.17) is 4.74 Å². The van der Waals surface area contributed by atoms with Crippen molar-refractivity contribution in [3.05, 3.63) is 70.8 Å². The van der Waals surface area contributed by atoms with Crippen molar-refractivity contribution in [1.29, 1.82) is 0 Å². The summed E-state index contributed by atoms with van der Waals surface area (Å²) in [7, 11) is 0. The zero-order valence-corrected chi connectivity index (χ0v) is 15.8. The van der Waals surface area contributed by atoms with Crippen molar-refractivity contribution in [2.24, 2.45) is 0 Å². The molecular formula is C21H21N3O4. The molecule has 0 aliphatic rings. The number of aryl methyl sites for hydroxylation is 1. The molecule has 0 fully saturated rings. The molecule has 0 aliphatic heterocycles.